The van der Waals surface area contributed by atoms with Crippen molar-refractivity contribution in [3.05, 3.63) is 52.3 Å². The van der Waals surface area contributed by atoms with Gasteiger partial charge in [-0.3, -0.25) is 24.8 Å². The highest BCUT2D eigenvalue weighted by Gasteiger charge is 2.20. The summed E-state index contributed by atoms with van der Waals surface area (Å²) in [5, 5.41) is 1.96. The molecule has 0 saturated carbocycles. The van der Waals surface area contributed by atoms with Crippen LogP contribution in [0, 0.1) is 0 Å². The van der Waals surface area contributed by atoms with Gasteiger partial charge in [0.25, 0.3) is 11.8 Å². The summed E-state index contributed by atoms with van der Waals surface area (Å²) in [6.07, 6.45) is 3.98. The van der Waals surface area contributed by atoms with E-state index in [1.165, 1.54) is 16.9 Å². The Balaban J connectivity index is 1.23. The second-order valence-electron chi connectivity index (χ2n) is 6.62. The second kappa shape index (κ2) is 6.92. The Morgan fingerprint density at radius 3 is 3.04 bits per heavy atom. The molecule has 4 aromatic rings. The summed E-state index contributed by atoms with van der Waals surface area (Å²) in [7, 11) is 0. The molecule has 7 nitrogen and oxygen atoms in total. The van der Waals surface area contributed by atoms with Gasteiger partial charge in [-0.1, -0.05) is 18.2 Å². The van der Waals surface area contributed by atoms with Crippen LogP contribution in [0.5, 0.6) is 0 Å². The van der Waals surface area contributed by atoms with Gasteiger partial charge in [-0.2, -0.15) is 0 Å². The minimum absolute atomic E-state index is 0.210. The first-order valence-electron chi connectivity index (χ1n) is 8.96. The molecule has 28 heavy (non-hydrogen) atoms. The lowest BCUT2D eigenvalue weighted by Crippen LogP contribution is -2.47. The number of aromatic nitrogens is 2. The molecular weight excluding hydrogens is 394 g/mol. The van der Waals surface area contributed by atoms with E-state index in [1.54, 1.807) is 17.4 Å². The van der Waals surface area contributed by atoms with Crippen molar-refractivity contribution in [3.63, 3.8) is 0 Å². The van der Waals surface area contributed by atoms with Crippen molar-refractivity contribution in [3.8, 4) is 0 Å². The number of carbonyl (C=O) groups excluding carboxylic acids is 2. The van der Waals surface area contributed by atoms with Gasteiger partial charge in [0.05, 0.1) is 16.9 Å². The monoisotopic (exact) mass is 411 g/mol. The highest BCUT2D eigenvalue weighted by molar-refractivity contribution is 7.21. The van der Waals surface area contributed by atoms with Gasteiger partial charge in [-0.25, -0.2) is 4.98 Å². The lowest BCUT2D eigenvalue weighted by Gasteiger charge is -2.30. The topological polar surface area (TPSA) is 78.7 Å². The van der Waals surface area contributed by atoms with E-state index in [4.69, 9.17) is 0 Å². The number of aryl methyl sites for hydroxylation is 1. The summed E-state index contributed by atoms with van der Waals surface area (Å²) >= 11 is 2.87. The quantitative estimate of drug-likeness (QED) is 0.508. The summed E-state index contributed by atoms with van der Waals surface area (Å²) < 4.78 is 1.96. The molecule has 4 heterocycles. The number of imidazole rings is 1. The number of fused-ring (bicyclic) bond motifs is 4. The molecule has 9 heteroatoms. The number of nitrogens with one attached hydrogen (secondary N) is 2. The van der Waals surface area contributed by atoms with E-state index in [2.05, 4.69) is 21.9 Å². The van der Waals surface area contributed by atoms with Gasteiger partial charge >= 0.3 is 0 Å². The number of anilines is 1. The minimum Gasteiger partial charge on any atom is -0.362 e. The fourth-order valence-electron chi connectivity index (χ4n) is 3.54. The number of amides is 2. The van der Waals surface area contributed by atoms with Crippen LogP contribution in [0.3, 0.4) is 0 Å². The summed E-state index contributed by atoms with van der Waals surface area (Å²) in [4.78, 5) is 33.5. The Hall–Kier alpha value is -2.91. The summed E-state index contributed by atoms with van der Waals surface area (Å²) in [5.74, 6) is -0.576. The van der Waals surface area contributed by atoms with Crippen LogP contribution in [-0.2, 0) is 11.2 Å². The molecule has 1 aromatic carbocycles. The van der Waals surface area contributed by atoms with Gasteiger partial charge in [0.15, 0.2) is 4.96 Å². The number of carbonyl (C=O) groups is 2. The van der Waals surface area contributed by atoms with Crippen molar-refractivity contribution in [2.24, 2.45) is 0 Å². The molecule has 0 bridgehead atoms. The molecule has 0 radical (unpaired) electrons. The Bertz CT molecular complexity index is 1190. The van der Waals surface area contributed by atoms with Crippen LogP contribution in [0.1, 0.15) is 21.7 Å². The molecular formula is C19H17N5O2S2. The molecule has 3 aromatic heterocycles. The molecule has 142 valence electrons. The Morgan fingerprint density at radius 2 is 2.11 bits per heavy atom. The zero-order chi connectivity index (χ0) is 19.1. The lowest BCUT2D eigenvalue weighted by molar-refractivity contribution is -0.120. The Morgan fingerprint density at radius 1 is 1.21 bits per heavy atom. The number of benzene rings is 1. The van der Waals surface area contributed by atoms with Gasteiger partial charge in [0.2, 0.25) is 0 Å². The minimum atomic E-state index is -0.334. The summed E-state index contributed by atoms with van der Waals surface area (Å²) in [6.45, 7) is 1.04. The van der Waals surface area contributed by atoms with Crippen LogP contribution in [-0.4, -0.2) is 34.3 Å². The SMILES string of the molecule is O=C(CN1CCCc2ccccc21)NNC(=O)c1cc2c(nc3sccn32)s1. The number of para-hydroxylation sites is 1. The molecule has 0 aliphatic carbocycles. The molecule has 0 unspecified atom stereocenters. The zero-order valence-electron chi connectivity index (χ0n) is 14.8. The maximum absolute atomic E-state index is 12.4. The fraction of sp³-hybridized carbons (Fsp3) is 0.211. The van der Waals surface area contributed by atoms with Crippen LogP contribution < -0.4 is 15.8 Å². The summed E-state index contributed by atoms with van der Waals surface area (Å²) in [6, 6.07) is 9.93. The first-order chi connectivity index (χ1) is 13.7. The smallest absolute Gasteiger partial charge is 0.279 e. The van der Waals surface area contributed by atoms with Crippen molar-refractivity contribution < 1.29 is 9.59 Å². The Labute approximate surface area is 168 Å². The number of hydrazine groups is 1. The van der Waals surface area contributed by atoms with E-state index in [0.717, 1.165) is 40.4 Å². The third kappa shape index (κ3) is 3.02. The Kier molecular flexibility index (Phi) is 4.25. The highest BCUT2D eigenvalue weighted by Crippen LogP contribution is 2.28. The number of hydrogen-bond acceptors (Lipinski definition) is 6. The van der Waals surface area contributed by atoms with Crippen molar-refractivity contribution >= 4 is 55.5 Å². The van der Waals surface area contributed by atoms with Crippen LogP contribution >= 0.6 is 22.7 Å². The van der Waals surface area contributed by atoms with Crippen molar-refractivity contribution in [1.29, 1.82) is 0 Å². The van der Waals surface area contributed by atoms with Crippen molar-refractivity contribution in [2.75, 3.05) is 18.0 Å². The average Bonchev–Trinajstić information content (AvgIpc) is 3.39. The maximum Gasteiger partial charge on any atom is 0.279 e. The molecule has 0 saturated heterocycles. The van der Waals surface area contributed by atoms with Gasteiger partial charge in [0, 0.05) is 23.8 Å². The number of hydrogen-bond donors (Lipinski definition) is 2. The number of rotatable bonds is 3. The van der Waals surface area contributed by atoms with E-state index < -0.39 is 0 Å². The molecule has 1 aliphatic heterocycles. The van der Waals surface area contributed by atoms with Gasteiger partial charge in [0.1, 0.15) is 4.83 Å². The molecule has 0 atom stereocenters. The number of thiazole rings is 1. The van der Waals surface area contributed by atoms with Crippen molar-refractivity contribution in [1.82, 2.24) is 20.2 Å². The van der Waals surface area contributed by atoms with Gasteiger partial charge in [-0.15, -0.1) is 22.7 Å². The van der Waals surface area contributed by atoms with Gasteiger partial charge < -0.3 is 4.90 Å². The van der Waals surface area contributed by atoms with E-state index in [-0.39, 0.29) is 18.4 Å². The molecule has 2 amide bonds. The fourth-order valence-corrected chi connectivity index (χ4v) is 5.23. The predicted molar refractivity (Wildman–Crippen MR) is 111 cm³/mol. The number of nitrogens with zero attached hydrogens (tertiary/aromatic N) is 3. The van der Waals surface area contributed by atoms with Gasteiger partial charge in [-0.05, 0) is 30.5 Å². The molecule has 1 aliphatic rings. The summed E-state index contributed by atoms with van der Waals surface area (Å²) in [5.41, 5.74) is 8.30. The second-order valence-corrected chi connectivity index (χ2v) is 8.53. The van der Waals surface area contributed by atoms with Crippen LogP contribution in [0.2, 0.25) is 0 Å². The highest BCUT2D eigenvalue weighted by atomic mass is 32.1. The predicted octanol–water partition coefficient (Wildman–Crippen LogP) is 2.82. The first-order valence-corrected chi connectivity index (χ1v) is 10.7. The van der Waals surface area contributed by atoms with Crippen LogP contribution in [0.4, 0.5) is 5.69 Å². The molecule has 0 spiro atoms. The largest absolute Gasteiger partial charge is 0.362 e. The number of thiophene rings is 1. The third-order valence-corrected chi connectivity index (χ3v) is 6.59. The molecule has 2 N–H and O–H groups in total. The van der Waals surface area contributed by atoms with Crippen LogP contribution in [0.15, 0.2) is 41.9 Å². The van der Waals surface area contributed by atoms with Crippen LogP contribution in [0.25, 0.3) is 15.3 Å². The molecule has 5 rings (SSSR count). The van der Waals surface area contributed by atoms with E-state index in [0.29, 0.717) is 4.88 Å². The first kappa shape index (κ1) is 17.2. The standard InChI is InChI=1S/C19H17N5O2S2/c25-16(11-23-7-3-5-12-4-1-2-6-13(12)23)21-22-17(26)15-10-14-18(28-15)20-19-24(14)8-9-27-19/h1-2,4,6,8-10H,3,5,7,11H2,(H,21,25)(H,22,26). The lowest BCUT2D eigenvalue weighted by atomic mass is 10.0. The average molecular weight is 412 g/mol. The van der Waals surface area contributed by atoms with E-state index in [9.17, 15) is 9.59 Å². The molecule has 0 fully saturated rings. The van der Waals surface area contributed by atoms with E-state index in [1.807, 2.05) is 39.1 Å². The van der Waals surface area contributed by atoms with Crippen molar-refractivity contribution in [2.45, 2.75) is 12.8 Å². The normalized spacial score (nSPS) is 13.6. The zero-order valence-corrected chi connectivity index (χ0v) is 16.5. The third-order valence-electron chi connectivity index (χ3n) is 4.82. The maximum atomic E-state index is 12.4. The van der Waals surface area contributed by atoms with E-state index >= 15 is 0 Å².